The summed E-state index contributed by atoms with van der Waals surface area (Å²) in [6, 6.07) is 13.3. The summed E-state index contributed by atoms with van der Waals surface area (Å²) in [6.07, 6.45) is 0. The number of hydrogen-bond acceptors (Lipinski definition) is 5. The Morgan fingerprint density at radius 3 is 1.87 bits per heavy atom. The molecule has 0 aromatic heterocycles. The Bertz CT molecular complexity index is 659. The molecule has 0 unspecified atom stereocenters. The molecule has 23 heavy (non-hydrogen) atoms. The number of carbonyl (C=O) groups excluding carboxylic acids is 2. The second kappa shape index (κ2) is 7.98. The number of rotatable bonds is 7. The van der Waals surface area contributed by atoms with Crippen LogP contribution < -0.4 is 14.2 Å². The number of hydrogen-bond donors (Lipinski definition) is 0. The molecule has 0 amide bonds. The molecule has 5 nitrogen and oxygen atoms in total. The average Bonchev–Trinajstić information content (AvgIpc) is 2.55. The van der Waals surface area contributed by atoms with E-state index in [1.54, 1.807) is 48.5 Å². The highest BCUT2D eigenvalue weighted by Gasteiger charge is 2.07. The van der Waals surface area contributed by atoms with Crippen LogP contribution in [0, 0.1) is 0 Å². The van der Waals surface area contributed by atoms with Crippen molar-refractivity contribution < 1.29 is 23.8 Å². The lowest BCUT2D eigenvalue weighted by molar-refractivity contribution is -0.136. The van der Waals surface area contributed by atoms with Gasteiger partial charge in [-0.25, -0.2) is 4.79 Å². The van der Waals surface area contributed by atoms with E-state index in [1.807, 2.05) is 6.92 Å². The van der Waals surface area contributed by atoms with Gasteiger partial charge in [0.15, 0.2) is 12.4 Å². The third-order valence-electron chi connectivity index (χ3n) is 2.98. The predicted molar refractivity (Wildman–Crippen MR) is 85.2 cm³/mol. The zero-order chi connectivity index (χ0) is 16.7. The van der Waals surface area contributed by atoms with E-state index in [4.69, 9.17) is 14.2 Å². The molecule has 0 fully saturated rings. The number of ketones is 1. The summed E-state index contributed by atoms with van der Waals surface area (Å²) >= 11 is 0. The third kappa shape index (κ3) is 5.14. The maximum atomic E-state index is 11.7. The monoisotopic (exact) mass is 314 g/mol. The Kier molecular flexibility index (Phi) is 5.74. The molecule has 0 aliphatic carbocycles. The zero-order valence-corrected chi connectivity index (χ0v) is 13.1. The van der Waals surface area contributed by atoms with Crippen molar-refractivity contribution in [2.45, 2.75) is 13.8 Å². The van der Waals surface area contributed by atoms with Gasteiger partial charge >= 0.3 is 5.97 Å². The standard InChI is InChI=1S/C18H18O5/c1-3-21-15-8-10-16(11-9-15)22-12-18(20)23-17-6-4-14(5-7-17)13(2)19/h4-11H,3,12H2,1-2H3. The topological polar surface area (TPSA) is 61.8 Å². The van der Waals surface area contributed by atoms with Gasteiger partial charge in [-0.3, -0.25) is 4.79 Å². The maximum absolute atomic E-state index is 11.7. The molecule has 0 saturated carbocycles. The highest BCUT2D eigenvalue weighted by atomic mass is 16.6. The van der Waals surface area contributed by atoms with Crippen LogP contribution in [0.3, 0.4) is 0 Å². The van der Waals surface area contributed by atoms with Crippen LogP contribution in [0.2, 0.25) is 0 Å². The molecule has 0 aliphatic heterocycles. The van der Waals surface area contributed by atoms with Gasteiger partial charge in [0, 0.05) is 5.56 Å². The summed E-state index contributed by atoms with van der Waals surface area (Å²) in [5.74, 6) is 1.11. The van der Waals surface area contributed by atoms with Gasteiger partial charge in [-0.05, 0) is 62.4 Å². The van der Waals surface area contributed by atoms with Crippen LogP contribution in [0.5, 0.6) is 17.2 Å². The van der Waals surface area contributed by atoms with Crippen LogP contribution in [0.25, 0.3) is 0 Å². The molecule has 0 heterocycles. The first-order valence-corrected chi connectivity index (χ1v) is 7.26. The van der Waals surface area contributed by atoms with E-state index in [-0.39, 0.29) is 12.4 Å². The molecular formula is C18H18O5. The van der Waals surface area contributed by atoms with Crippen molar-refractivity contribution >= 4 is 11.8 Å². The van der Waals surface area contributed by atoms with Crippen molar-refractivity contribution in [2.75, 3.05) is 13.2 Å². The first-order valence-electron chi connectivity index (χ1n) is 7.26. The van der Waals surface area contributed by atoms with Gasteiger partial charge < -0.3 is 14.2 Å². The van der Waals surface area contributed by atoms with Gasteiger partial charge in [0.05, 0.1) is 6.61 Å². The Morgan fingerprint density at radius 2 is 1.35 bits per heavy atom. The fourth-order valence-corrected chi connectivity index (χ4v) is 1.86. The van der Waals surface area contributed by atoms with Crippen molar-refractivity contribution in [1.29, 1.82) is 0 Å². The molecule has 5 heteroatoms. The Labute approximate surface area is 134 Å². The Hall–Kier alpha value is -2.82. The van der Waals surface area contributed by atoms with Gasteiger partial charge in [0.1, 0.15) is 17.2 Å². The molecule has 0 atom stereocenters. The molecular weight excluding hydrogens is 296 g/mol. The third-order valence-corrected chi connectivity index (χ3v) is 2.98. The summed E-state index contributed by atoms with van der Waals surface area (Å²) in [4.78, 5) is 22.9. The van der Waals surface area contributed by atoms with Crippen molar-refractivity contribution in [3.8, 4) is 17.2 Å². The quantitative estimate of drug-likeness (QED) is 0.446. The minimum Gasteiger partial charge on any atom is -0.494 e. The van der Waals surface area contributed by atoms with E-state index in [0.717, 1.165) is 5.75 Å². The summed E-state index contributed by atoms with van der Waals surface area (Å²) in [5, 5.41) is 0. The normalized spacial score (nSPS) is 10.0. The van der Waals surface area contributed by atoms with Crippen molar-refractivity contribution in [3.05, 3.63) is 54.1 Å². The summed E-state index contributed by atoms with van der Waals surface area (Å²) in [7, 11) is 0. The molecule has 0 saturated heterocycles. The summed E-state index contributed by atoms with van der Waals surface area (Å²) in [5.41, 5.74) is 0.565. The Morgan fingerprint density at radius 1 is 0.826 bits per heavy atom. The highest BCUT2D eigenvalue weighted by molar-refractivity contribution is 5.94. The van der Waals surface area contributed by atoms with Crippen LogP contribution in [0.15, 0.2) is 48.5 Å². The van der Waals surface area contributed by atoms with E-state index in [9.17, 15) is 9.59 Å². The summed E-state index contributed by atoms with van der Waals surface area (Å²) < 4.78 is 15.8. The fraction of sp³-hybridized carbons (Fsp3) is 0.222. The molecule has 2 aromatic carbocycles. The van der Waals surface area contributed by atoms with Crippen LogP contribution in [-0.4, -0.2) is 25.0 Å². The lowest BCUT2D eigenvalue weighted by Gasteiger charge is -2.08. The van der Waals surface area contributed by atoms with Crippen LogP contribution in [0.4, 0.5) is 0 Å². The number of benzene rings is 2. The first-order chi connectivity index (χ1) is 11.1. The number of ether oxygens (including phenoxy) is 3. The predicted octanol–water partition coefficient (Wildman–Crippen LogP) is 3.27. The van der Waals surface area contributed by atoms with E-state index in [2.05, 4.69) is 0 Å². The molecule has 0 bridgehead atoms. The number of carbonyl (C=O) groups is 2. The zero-order valence-electron chi connectivity index (χ0n) is 13.1. The second-order valence-electron chi connectivity index (χ2n) is 4.75. The van der Waals surface area contributed by atoms with E-state index < -0.39 is 5.97 Å². The van der Waals surface area contributed by atoms with E-state index >= 15 is 0 Å². The van der Waals surface area contributed by atoms with E-state index in [1.165, 1.54) is 6.92 Å². The van der Waals surface area contributed by atoms with Gasteiger partial charge in [-0.15, -0.1) is 0 Å². The van der Waals surface area contributed by atoms with E-state index in [0.29, 0.717) is 23.7 Å². The van der Waals surface area contributed by atoms with Crippen LogP contribution >= 0.6 is 0 Å². The van der Waals surface area contributed by atoms with Gasteiger partial charge in [0.2, 0.25) is 0 Å². The highest BCUT2D eigenvalue weighted by Crippen LogP contribution is 2.18. The molecule has 0 N–H and O–H groups in total. The molecule has 0 aliphatic rings. The van der Waals surface area contributed by atoms with Gasteiger partial charge in [0.25, 0.3) is 0 Å². The lowest BCUT2D eigenvalue weighted by Crippen LogP contribution is -2.17. The van der Waals surface area contributed by atoms with Gasteiger partial charge in [-0.2, -0.15) is 0 Å². The minimum atomic E-state index is -0.519. The number of esters is 1. The lowest BCUT2D eigenvalue weighted by atomic mass is 10.1. The minimum absolute atomic E-state index is 0.0401. The smallest absolute Gasteiger partial charge is 0.349 e. The SMILES string of the molecule is CCOc1ccc(OCC(=O)Oc2ccc(C(C)=O)cc2)cc1. The van der Waals surface area contributed by atoms with Crippen molar-refractivity contribution in [1.82, 2.24) is 0 Å². The van der Waals surface area contributed by atoms with Crippen LogP contribution in [0.1, 0.15) is 24.2 Å². The maximum Gasteiger partial charge on any atom is 0.349 e. The molecule has 0 radical (unpaired) electrons. The molecule has 0 spiro atoms. The average molecular weight is 314 g/mol. The van der Waals surface area contributed by atoms with Gasteiger partial charge in [-0.1, -0.05) is 0 Å². The number of Topliss-reactive ketones (excluding diaryl/α,β-unsaturated/α-hetero) is 1. The largest absolute Gasteiger partial charge is 0.494 e. The summed E-state index contributed by atoms with van der Waals surface area (Å²) in [6.45, 7) is 3.77. The van der Waals surface area contributed by atoms with Crippen molar-refractivity contribution in [2.24, 2.45) is 0 Å². The molecule has 2 aromatic rings. The van der Waals surface area contributed by atoms with Crippen molar-refractivity contribution in [3.63, 3.8) is 0 Å². The first kappa shape index (κ1) is 16.5. The fourth-order valence-electron chi connectivity index (χ4n) is 1.86. The molecule has 120 valence electrons. The Balaban J connectivity index is 1.83. The van der Waals surface area contributed by atoms with Crippen LogP contribution in [-0.2, 0) is 4.79 Å². The second-order valence-corrected chi connectivity index (χ2v) is 4.75. The molecule has 2 rings (SSSR count).